The molecule has 2 heteroatoms. The number of fused-ring (bicyclic) bond motifs is 3. The quantitative estimate of drug-likeness (QED) is 0.150. The highest BCUT2D eigenvalue weighted by atomic mass is 15.2. The van der Waals surface area contributed by atoms with Crippen molar-refractivity contribution in [2.45, 2.75) is 92.0 Å². The molecule has 0 aliphatic carbocycles. The van der Waals surface area contributed by atoms with Crippen LogP contribution < -0.4 is 4.57 Å². The van der Waals surface area contributed by atoms with Gasteiger partial charge < -0.3 is 0 Å². The van der Waals surface area contributed by atoms with Gasteiger partial charge in [-0.05, 0) is 67.2 Å². The van der Waals surface area contributed by atoms with E-state index < -0.39 is 0 Å². The van der Waals surface area contributed by atoms with Crippen molar-refractivity contribution in [2.75, 3.05) is 0 Å². The molecular weight excluding hydrogens is 472 g/mol. The molecule has 39 heavy (non-hydrogen) atoms. The van der Waals surface area contributed by atoms with Crippen molar-refractivity contribution in [1.29, 1.82) is 0 Å². The first kappa shape index (κ1) is 26.1. The molecule has 1 aliphatic heterocycles. The van der Waals surface area contributed by atoms with Gasteiger partial charge in [0.15, 0.2) is 5.69 Å². The van der Waals surface area contributed by atoms with E-state index in [1.165, 1.54) is 55.3 Å². The number of nitrogens with zero attached hydrogens (tertiary/aromatic N) is 2. The van der Waals surface area contributed by atoms with Crippen LogP contribution >= 0.6 is 0 Å². The van der Waals surface area contributed by atoms with Crippen LogP contribution in [0, 0.1) is 11.8 Å². The highest BCUT2D eigenvalue weighted by Crippen LogP contribution is 2.51. The molecule has 0 saturated heterocycles. The fourth-order valence-corrected chi connectivity index (χ4v) is 7.76. The van der Waals surface area contributed by atoms with E-state index in [4.69, 9.17) is 0 Å². The topological polar surface area (TPSA) is 8.29 Å². The molecule has 6 rings (SSSR count). The minimum atomic E-state index is -0.0415. The molecule has 0 amide bonds. The first-order valence-electron chi connectivity index (χ1n) is 15.2. The van der Waals surface area contributed by atoms with Crippen LogP contribution in [0.25, 0.3) is 38.6 Å². The number of imidazole rings is 1. The van der Waals surface area contributed by atoms with Crippen molar-refractivity contribution in [3.05, 3.63) is 83.6 Å². The molecule has 5 aromatic rings. The molecule has 2 atom stereocenters. The van der Waals surface area contributed by atoms with E-state index in [0.717, 1.165) is 25.7 Å². The second-order valence-electron chi connectivity index (χ2n) is 13.2. The van der Waals surface area contributed by atoms with Gasteiger partial charge in [-0.3, -0.25) is 0 Å². The summed E-state index contributed by atoms with van der Waals surface area (Å²) in [5.41, 5.74) is 9.91. The zero-order valence-corrected chi connectivity index (χ0v) is 25.2. The van der Waals surface area contributed by atoms with E-state index in [-0.39, 0.29) is 11.0 Å². The fourth-order valence-electron chi connectivity index (χ4n) is 7.76. The molecule has 2 nitrogen and oxygen atoms in total. The van der Waals surface area contributed by atoms with Gasteiger partial charge in [0.2, 0.25) is 0 Å². The Kier molecular flexibility index (Phi) is 6.17. The fraction of sp³-hybridized carbons (Fsp3) is 0.432. The maximum absolute atomic E-state index is 2.69. The van der Waals surface area contributed by atoms with Gasteiger partial charge in [-0.15, -0.1) is 0 Å². The molecule has 0 spiro atoms. The normalized spacial score (nSPS) is 20.9. The van der Waals surface area contributed by atoms with Crippen LogP contribution in [0.5, 0.6) is 0 Å². The Morgan fingerprint density at radius 3 is 1.97 bits per heavy atom. The number of hydrogen-bond acceptors (Lipinski definition) is 0. The van der Waals surface area contributed by atoms with Gasteiger partial charge in [-0.2, -0.15) is 4.40 Å². The Labute approximate surface area is 234 Å². The van der Waals surface area contributed by atoms with E-state index in [1.54, 1.807) is 0 Å². The van der Waals surface area contributed by atoms with Crippen molar-refractivity contribution in [1.82, 2.24) is 4.40 Å². The third-order valence-corrected chi connectivity index (χ3v) is 10.1. The van der Waals surface area contributed by atoms with Gasteiger partial charge >= 0.3 is 0 Å². The lowest BCUT2D eigenvalue weighted by Gasteiger charge is -2.46. The minimum absolute atomic E-state index is 0.0265. The SMILES string of the molecule is CCC1(C)c2cccc3c4ccccc4n4c(-c5c(CC(C)C)cccc5CC(C)C)c[n+](c4c23)C1(C)CC. The Morgan fingerprint density at radius 1 is 0.744 bits per heavy atom. The first-order valence-corrected chi connectivity index (χ1v) is 15.2. The molecule has 0 fully saturated rings. The largest absolute Gasteiger partial charge is 0.296 e. The van der Waals surface area contributed by atoms with Crippen LogP contribution in [0.4, 0.5) is 0 Å². The van der Waals surface area contributed by atoms with Crippen LogP contribution in [0.2, 0.25) is 0 Å². The van der Waals surface area contributed by atoms with Crippen molar-refractivity contribution < 1.29 is 4.57 Å². The average Bonchev–Trinajstić information content (AvgIpc) is 3.32. The summed E-state index contributed by atoms with van der Waals surface area (Å²) in [6.45, 7) is 19.2. The predicted octanol–water partition coefficient (Wildman–Crippen LogP) is 9.40. The van der Waals surface area contributed by atoms with Gasteiger partial charge in [-0.25, -0.2) is 4.57 Å². The summed E-state index contributed by atoms with van der Waals surface area (Å²) in [4.78, 5) is 0. The highest BCUT2D eigenvalue weighted by Gasteiger charge is 2.54. The lowest BCUT2D eigenvalue weighted by molar-refractivity contribution is -0.750. The Bertz CT molecular complexity index is 1690. The summed E-state index contributed by atoms with van der Waals surface area (Å²) in [6.07, 6.45) is 6.89. The van der Waals surface area contributed by atoms with Gasteiger partial charge in [0, 0.05) is 21.8 Å². The summed E-state index contributed by atoms with van der Waals surface area (Å²) in [6, 6.07) is 23.2. The lowest BCUT2D eigenvalue weighted by atomic mass is 9.62. The van der Waals surface area contributed by atoms with Gasteiger partial charge in [-0.1, -0.05) is 103 Å². The average molecular weight is 518 g/mol. The smallest absolute Gasteiger partial charge is 0.223 e. The van der Waals surface area contributed by atoms with E-state index in [0.29, 0.717) is 11.8 Å². The maximum atomic E-state index is 2.69. The number of pyridine rings is 1. The van der Waals surface area contributed by atoms with Crippen molar-refractivity contribution in [3.63, 3.8) is 0 Å². The van der Waals surface area contributed by atoms with Gasteiger partial charge in [0.05, 0.1) is 5.39 Å². The second-order valence-corrected chi connectivity index (χ2v) is 13.2. The summed E-state index contributed by atoms with van der Waals surface area (Å²) in [7, 11) is 0. The molecule has 2 unspecified atom stereocenters. The highest BCUT2D eigenvalue weighted by molar-refractivity contribution is 6.13. The molecule has 0 N–H and O–H groups in total. The van der Waals surface area contributed by atoms with Crippen LogP contribution in [0.15, 0.2) is 66.9 Å². The third-order valence-electron chi connectivity index (χ3n) is 10.1. The van der Waals surface area contributed by atoms with Crippen molar-refractivity contribution in [3.8, 4) is 11.3 Å². The molecule has 3 heterocycles. The summed E-state index contributed by atoms with van der Waals surface area (Å²) < 4.78 is 5.33. The monoisotopic (exact) mass is 517 g/mol. The van der Waals surface area contributed by atoms with Gasteiger partial charge in [0.25, 0.3) is 5.65 Å². The molecule has 202 valence electrons. The number of para-hydroxylation sites is 1. The standard InChI is InChI=1S/C37H45N2/c1-9-36(7)30-19-14-18-29-28-17-11-12-20-31(28)39-32(23-38(35(39)34(29)30)37(36,8)10-2)33-26(21-24(3)4)15-13-16-27(33)22-25(5)6/h11-20,23-25H,9-10,21-22H2,1-8H3/q+1. The zero-order valence-electron chi connectivity index (χ0n) is 25.2. The summed E-state index contributed by atoms with van der Waals surface area (Å²) in [5.74, 6) is 1.20. The molecule has 1 aliphatic rings. The van der Waals surface area contributed by atoms with E-state index in [2.05, 4.69) is 131 Å². The second kappa shape index (κ2) is 9.22. The molecular formula is C37H45N2+. The Hall–Kier alpha value is -3.13. The van der Waals surface area contributed by atoms with E-state index in [1.807, 2.05) is 0 Å². The van der Waals surface area contributed by atoms with Crippen molar-refractivity contribution in [2.24, 2.45) is 11.8 Å². The predicted molar refractivity (Wildman–Crippen MR) is 167 cm³/mol. The molecule has 3 aromatic carbocycles. The van der Waals surface area contributed by atoms with Gasteiger partial charge in [0.1, 0.15) is 17.3 Å². The third kappa shape index (κ3) is 3.56. The summed E-state index contributed by atoms with van der Waals surface area (Å²) >= 11 is 0. The van der Waals surface area contributed by atoms with Crippen LogP contribution in [-0.4, -0.2) is 4.40 Å². The summed E-state index contributed by atoms with van der Waals surface area (Å²) in [5, 5.41) is 4.16. The Morgan fingerprint density at radius 2 is 1.36 bits per heavy atom. The van der Waals surface area contributed by atoms with E-state index in [9.17, 15) is 0 Å². The Balaban J connectivity index is 1.88. The first-order chi connectivity index (χ1) is 18.7. The molecule has 0 saturated carbocycles. The number of rotatable bonds is 7. The van der Waals surface area contributed by atoms with Crippen molar-refractivity contribution >= 4 is 27.3 Å². The van der Waals surface area contributed by atoms with Crippen LogP contribution in [0.1, 0.15) is 84.9 Å². The number of benzene rings is 3. The lowest BCUT2D eigenvalue weighted by Crippen LogP contribution is -2.65. The van der Waals surface area contributed by atoms with E-state index >= 15 is 0 Å². The molecule has 2 aromatic heterocycles. The van der Waals surface area contributed by atoms with Crippen LogP contribution in [-0.2, 0) is 23.8 Å². The minimum Gasteiger partial charge on any atom is -0.223 e. The number of aromatic nitrogens is 2. The van der Waals surface area contributed by atoms with Crippen LogP contribution in [0.3, 0.4) is 0 Å². The maximum Gasteiger partial charge on any atom is 0.296 e. The molecule has 0 bridgehead atoms. The number of hydrogen-bond donors (Lipinski definition) is 0. The molecule has 0 radical (unpaired) electrons. The zero-order chi connectivity index (χ0) is 27.7.